The molecule has 4 heteroatoms. The van der Waals surface area contributed by atoms with E-state index in [1.54, 1.807) is 6.20 Å². The van der Waals surface area contributed by atoms with Gasteiger partial charge in [0.25, 0.3) is 0 Å². The molecule has 0 aliphatic carbocycles. The molecule has 0 bridgehead atoms. The Bertz CT molecular complexity index is 484. The molecule has 1 heterocycles. The smallest absolute Gasteiger partial charge is 0.144 e. The minimum Gasteiger partial charge on any atom is -0.355 e. The van der Waals surface area contributed by atoms with E-state index in [0.717, 1.165) is 18.2 Å². The molecule has 0 saturated heterocycles. The summed E-state index contributed by atoms with van der Waals surface area (Å²) in [4.78, 5) is 10.9. The highest BCUT2D eigenvalue weighted by atomic mass is 15.2. The highest BCUT2D eigenvalue weighted by Gasteiger charge is 2.04. The highest BCUT2D eigenvalue weighted by molar-refractivity contribution is 5.37. The Labute approximate surface area is 108 Å². The van der Waals surface area contributed by atoms with Gasteiger partial charge in [-0.25, -0.2) is 9.97 Å². The minimum atomic E-state index is 0.688. The second-order valence-electron chi connectivity index (χ2n) is 4.20. The third kappa shape index (κ3) is 3.28. The summed E-state index contributed by atoms with van der Waals surface area (Å²) in [5.41, 5.74) is 1.27. The topological polar surface area (TPSA) is 41.1 Å². The number of benzene rings is 1. The number of hydrogen-bond acceptors (Lipinski definition) is 4. The fourth-order valence-corrected chi connectivity index (χ4v) is 1.78. The Balaban J connectivity index is 2.08. The Morgan fingerprint density at radius 1 is 1.17 bits per heavy atom. The molecule has 0 aliphatic heterocycles. The molecule has 0 radical (unpaired) electrons. The summed E-state index contributed by atoms with van der Waals surface area (Å²) in [6.07, 6.45) is 1.80. The monoisotopic (exact) mass is 242 g/mol. The lowest BCUT2D eigenvalue weighted by Gasteiger charge is -2.18. The number of nitrogens with zero attached hydrogens (tertiary/aromatic N) is 3. The first-order valence-corrected chi connectivity index (χ1v) is 6.01. The third-order valence-corrected chi connectivity index (χ3v) is 2.68. The molecule has 2 rings (SSSR count). The van der Waals surface area contributed by atoms with Crippen LogP contribution in [0.15, 0.2) is 42.6 Å². The van der Waals surface area contributed by atoms with Gasteiger partial charge in [0.1, 0.15) is 11.6 Å². The lowest BCUT2D eigenvalue weighted by Crippen LogP contribution is -2.19. The molecule has 18 heavy (non-hydrogen) atoms. The molecule has 0 atom stereocenters. The normalized spacial score (nSPS) is 10.3. The molecule has 0 aliphatic rings. The molecule has 0 fully saturated rings. The van der Waals surface area contributed by atoms with E-state index in [4.69, 9.17) is 0 Å². The molecule has 1 N–H and O–H groups in total. The maximum atomic E-state index is 4.51. The molecule has 0 amide bonds. The van der Waals surface area contributed by atoms with Crippen molar-refractivity contribution < 1.29 is 0 Å². The Kier molecular flexibility index (Phi) is 4.25. The van der Waals surface area contributed by atoms with Gasteiger partial charge in [0, 0.05) is 19.8 Å². The summed E-state index contributed by atoms with van der Waals surface area (Å²) in [5.74, 6) is 1.76. The van der Waals surface area contributed by atoms with E-state index >= 15 is 0 Å². The number of aromatic nitrogens is 2. The molecule has 4 nitrogen and oxygen atoms in total. The summed E-state index contributed by atoms with van der Waals surface area (Å²) in [5, 5.41) is 3.06. The molecule has 0 spiro atoms. The van der Waals surface area contributed by atoms with Gasteiger partial charge in [-0.3, -0.25) is 0 Å². The third-order valence-electron chi connectivity index (χ3n) is 2.68. The van der Waals surface area contributed by atoms with E-state index in [2.05, 4.69) is 44.5 Å². The maximum absolute atomic E-state index is 4.51. The van der Waals surface area contributed by atoms with E-state index in [-0.39, 0.29) is 0 Å². The number of rotatable bonds is 5. The summed E-state index contributed by atoms with van der Waals surface area (Å²) in [6, 6.07) is 12.3. The van der Waals surface area contributed by atoms with Crippen molar-refractivity contribution in [3.8, 4) is 0 Å². The second kappa shape index (κ2) is 6.12. The van der Waals surface area contributed by atoms with Crippen LogP contribution in [0.1, 0.15) is 11.4 Å². The summed E-state index contributed by atoms with van der Waals surface area (Å²) in [6.45, 7) is 1.53. The predicted molar refractivity (Wildman–Crippen MR) is 73.3 cm³/mol. The van der Waals surface area contributed by atoms with Crippen molar-refractivity contribution >= 4 is 5.82 Å². The maximum Gasteiger partial charge on any atom is 0.144 e. The molecule has 1 aromatic carbocycles. The van der Waals surface area contributed by atoms with Crippen LogP contribution in [0, 0.1) is 0 Å². The zero-order valence-electron chi connectivity index (χ0n) is 10.8. The van der Waals surface area contributed by atoms with E-state index in [1.165, 1.54) is 5.56 Å². The standard InChI is InChI=1S/C14H18N4/c1-15-10-13-16-9-8-14(17-13)18(2)11-12-6-4-3-5-7-12/h3-9,15H,10-11H2,1-2H3. The van der Waals surface area contributed by atoms with E-state index < -0.39 is 0 Å². The Hall–Kier alpha value is -1.94. The van der Waals surface area contributed by atoms with Gasteiger partial charge in [0.15, 0.2) is 0 Å². The zero-order chi connectivity index (χ0) is 12.8. The van der Waals surface area contributed by atoms with Crippen LogP contribution in [0.25, 0.3) is 0 Å². The van der Waals surface area contributed by atoms with Crippen molar-refractivity contribution in [1.82, 2.24) is 15.3 Å². The van der Waals surface area contributed by atoms with Crippen LogP contribution in [0.3, 0.4) is 0 Å². The van der Waals surface area contributed by atoms with E-state index in [0.29, 0.717) is 6.54 Å². The molecule has 94 valence electrons. The average Bonchev–Trinajstić information content (AvgIpc) is 2.40. The first kappa shape index (κ1) is 12.5. The highest BCUT2D eigenvalue weighted by Crippen LogP contribution is 2.11. The van der Waals surface area contributed by atoms with Crippen molar-refractivity contribution in [2.24, 2.45) is 0 Å². The van der Waals surface area contributed by atoms with Gasteiger partial charge in [-0.15, -0.1) is 0 Å². The van der Waals surface area contributed by atoms with Crippen molar-refractivity contribution in [2.75, 3.05) is 19.0 Å². The Morgan fingerprint density at radius 2 is 1.94 bits per heavy atom. The number of nitrogens with one attached hydrogen (secondary N) is 1. The molecule has 0 unspecified atom stereocenters. The van der Waals surface area contributed by atoms with Crippen molar-refractivity contribution in [1.29, 1.82) is 0 Å². The zero-order valence-corrected chi connectivity index (χ0v) is 10.8. The lowest BCUT2D eigenvalue weighted by atomic mass is 10.2. The summed E-state index contributed by atoms with van der Waals surface area (Å²) >= 11 is 0. The largest absolute Gasteiger partial charge is 0.355 e. The van der Waals surface area contributed by atoms with Gasteiger partial charge >= 0.3 is 0 Å². The number of hydrogen-bond donors (Lipinski definition) is 1. The number of anilines is 1. The van der Waals surface area contributed by atoms with Crippen LogP contribution in [0.5, 0.6) is 0 Å². The van der Waals surface area contributed by atoms with E-state index in [1.807, 2.05) is 26.2 Å². The SMILES string of the molecule is CNCc1nccc(N(C)Cc2ccccc2)n1. The van der Waals surface area contributed by atoms with Crippen LogP contribution in [-0.2, 0) is 13.1 Å². The molecule has 2 aromatic rings. The average molecular weight is 242 g/mol. The first-order valence-electron chi connectivity index (χ1n) is 6.01. The van der Waals surface area contributed by atoms with Gasteiger partial charge in [-0.1, -0.05) is 30.3 Å². The second-order valence-corrected chi connectivity index (χ2v) is 4.20. The van der Waals surface area contributed by atoms with Gasteiger partial charge in [-0.05, 0) is 18.7 Å². The van der Waals surface area contributed by atoms with Crippen LogP contribution < -0.4 is 10.2 Å². The summed E-state index contributed by atoms with van der Waals surface area (Å²) < 4.78 is 0. The van der Waals surface area contributed by atoms with Crippen LogP contribution in [-0.4, -0.2) is 24.1 Å². The van der Waals surface area contributed by atoms with Gasteiger partial charge in [0.05, 0.1) is 6.54 Å². The van der Waals surface area contributed by atoms with Crippen molar-refractivity contribution in [3.05, 3.63) is 54.0 Å². The summed E-state index contributed by atoms with van der Waals surface area (Å²) in [7, 11) is 3.93. The Morgan fingerprint density at radius 3 is 2.67 bits per heavy atom. The van der Waals surface area contributed by atoms with Crippen LogP contribution >= 0.6 is 0 Å². The fourth-order valence-electron chi connectivity index (χ4n) is 1.78. The fraction of sp³-hybridized carbons (Fsp3) is 0.286. The van der Waals surface area contributed by atoms with Gasteiger partial charge in [-0.2, -0.15) is 0 Å². The van der Waals surface area contributed by atoms with E-state index in [9.17, 15) is 0 Å². The quantitative estimate of drug-likeness (QED) is 0.868. The molecule has 1 aromatic heterocycles. The predicted octanol–water partition coefficient (Wildman–Crippen LogP) is 1.83. The molecule has 0 saturated carbocycles. The van der Waals surface area contributed by atoms with Crippen molar-refractivity contribution in [2.45, 2.75) is 13.1 Å². The van der Waals surface area contributed by atoms with Gasteiger partial charge < -0.3 is 10.2 Å². The first-order chi connectivity index (χ1) is 8.79. The van der Waals surface area contributed by atoms with Crippen LogP contribution in [0.2, 0.25) is 0 Å². The van der Waals surface area contributed by atoms with Crippen molar-refractivity contribution in [3.63, 3.8) is 0 Å². The molecular formula is C14H18N4. The van der Waals surface area contributed by atoms with Gasteiger partial charge in [0.2, 0.25) is 0 Å². The minimum absolute atomic E-state index is 0.688. The lowest BCUT2D eigenvalue weighted by molar-refractivity contribution is 0.750. The molecular weight excluding hydrogens is 224 g/mol. The van der Waals surface area contributed by atoms with Crippen LogP contribution in [0.4, 0.5) is 5.82 Å².